The van der Waals surface area contributed by atoms with Gasteiger partial charge in [0.05, 0.1) is 11.6 Å². The highest BCUT2D eigenvalue weighted by atomic mass is 32.2. The topological polar surface area (TPSA) is 82.3 Å². The van der Waals surface area contributed by atoms with Gasteiger partial charge in [-0.15, -0.1) is 0 Å². The van der Waals surface area contributed by atoms with Gasteiger partial charge in [0.1, 0.15) is 18.5 Å². The molecule has 0 heterocycles. The normalized spacial score (nSPS) is 15.0. The van der Waals surface area contributed by atoms with E-state index >= 15 is 0 Å². The van der Waals surface area contributed by atoms with Crippen LogP contribution in [0.15, 0.2) is 24.3 Å². The van der Waals surface area contributed by atoms with E-state index in [0.717, 1.165) is 6.42 Å². The van der Waals surface area contributed by atoms with Crippen LogP contribution in [-0.2, 0) is 10.8 Å². The van der Waals surface area contributed by atoms with Crippen LogP contribution in [0.2, 0.25) is 0 Å². The summed E-state index contributed by atoms with van der Waals surface area (Å²) in [6, 6.07) is 8.86. The van der Waals surface area contributed by atoms with Crippen LogP contribution in [0.3, 0.4) is 0 Å². The van der Waals surface area contributed by atoms with Crippen molar-refractivity contribution in [2.75, 3.05) is 26.0 Å². The first-order valence-corrected chi connectivity index (χ1v) is 8.49. The Morgan fingerprint density at radius 1 is 1.52 bits per heavy atom. The van der Waals surface area contributed by atoms with Crippen molar-refractivity contribution in [1.82, 2.24) is 5.32 Å². The first-order valence-electron chi connectivity index (χ1n) is 6.87. The van der Waals surface area contributed by atoms with Gasteiger partial charge >= 0.3 is 0 Å². The molecule has 5 nitrogen and oxygen atoms in total. The van der Waals surface area contributed by atoms with Crippen LogP contribution >= 0.6 is 0 Å². The van der Waals surface area contributed by atoms with E-state index in [1.165, 1.54) is 0 Å². The molecule has 0 saturated carbocycles. The summed E-state index contributed by atoms with van der Waals surface area (Å²) in [5.74, 6) is 0.572. The molecule has 0 aliphatic carbocycles. The molecule has 6 heteroatoms. The highest BCUT2D eigenvalue weighted by Gasteiger charge is 2.08. The number of aliphatic hydroxyl groups is 1. The zero-order chi connectivity index (χ0) is 15.7. The quantitative estimate of drug-likeness (QED) is 0.666. The number of aliphatic hydroxyl groups excluding tert-OH is 1. The van der Waals surface area contributed by atoms with Gasteiger partial charge in [-0.1, -0.05) is 13.0 Å². The molecule has 0 amide bonds. The SMILES string of the molecule is CC(CCNCC(O)COc1cccc(C#N)c1)S(C)=O. The van der Waals surface area contributed by atoms with Gasteiger partial charge in [0.2, 0.25) is 0 Å². The molecule has 1 aromatic carbocycles. The first-order chi connectivity index (χ1) is 10.0. The van der Waals surface area contributed by atoms with Gasteiger partial charge in [-0.05, 0) is 31.2 Å². The molecule has 0 radical (unpaired) electrons. The van der Waals surface area contributed by atoms with E-state index in [4.69, 9.17) is 10.00 Å². The molecule has 0 spiro atoms. The van der Waals surface area contributed by atoms with E-state index < -0.39 is 16.9 Å². The third-order valence-electron chi connectivity index (χ3n) is 3.08. The highest BCUT2D eigenvalue weighted by molar-refractivity contribution is 7.84. The smallest absolute Gasteiger partial charge is 0.120 e. The van der Waals surface area contributed by atoms with Crippen LogP contribution in [0.1, 0.15) is 18.9 Å². The van der Waals surface area contributed by atoms with E-state index in [1.54, 1.807) is 30.5 Å². The summed E-state index contributed by atoms with van der Waals surface area (Å²) in [4.78, 5) is 0. The standard InChI is InChI=1S/C15H22N2O3S/c1-12(21(2)19)6-7-17-10-14(18)11-20-15-5-3-4-13(8-15)9-16/h3-5,8,12,14,17-18H,6-7,10-11H2,1-2H3. The maximum absolute atomic E-state index is 11.2. The predicted molar refractivity (Wildman–Crippen MR) is 83.7 cm³/mol. The molecule has 0 aliphatic heterocycles. The molecule has 1 aromatic rings. The Morgan fingerprint density at radius 3 is 2.95 bits per heavy atom. The molecule has 21 heavy (non-hydrogen) atoms. The third-order valence-corrected chi connectivity index (χ3v) is 4.45. The largest absolute Gasteiger partial charge is 0.491 e. The lowest BCUT2D eigenvalue weighted by Crippen LogP contribution is -2.33. The van der Waals surface area contributed by atoms with Gasteiger partial charge in [0, 0.05) is 28.9 Å². The number of nitrogens with zero attached hydrogens (tertiary/aromatic N) is 1. The average molecular weight is 310 g/mol. The van der Waals surface area contributed by atoms with Crippen molar-refractivity contribution < 1.29 is 14.1 Å². The van der Waals surface area contributed by atoms with Crippen molar-refractivity contribution in [3.8, 4) is 11.8 Å². The van der Waals surface area contributed by atoms with Crippen LogP contribution in [0.5, 0.6) is 5.75 Å². The van der Waals surface area contributed by atoms with Crippen LogP contribution in [0, 0.1) is 11.3 Å². The van der Waals surface area contributed by atoms with Crippen molar-refractivity contribution in [3.05, 3.63) is 29.8 Å². The van der Waals surface area contributed by atoms with Crippen LogP contribution < -0.4 is 10.1 Å². The molecule has 2 N–H and O–H groups in total. The van der Waals surface area contributed by atoms with Gasteiger partial charge < -0.3 is 15.2 Å². The lowest BCUT2D eigenvalue weighted by atomic mass is 10.2. The fourth-order valence-electron chi connectivity index (χ4n) is 1.65. The Labute approximate surface area is 128 Å². The number of ether oxygens (including phenoxy) is 1. The van der Waals surface area contributed by atoms with Gasteiger partial charge in [-0.25, -0.2) is 0 Å². The van der Waals surface area contributed by atoms with E-state index in [1.807, 2.05) is 13.0 Å². The Hall–Kier alpha value is -1.42. The summed E-state index contributed by atoms with van der Waals surface area (Å²) in [5.41, 5.74) is 0.529. The Morgan fingerprint density at radius 2 is 2.29 bits per heavy atom. The second kappa shape index (κ2) is 9.50. The number of rotatable bonds is 9. The maximum Gasteiger partial charge on any atom is 0.120 e. The van der Waals surface area contributed by atoms with Crippen LogP contribution in [0.25, 0.3) is 0 Å². The third kappa shape index (κ3) is 7.23. The maximum atomic E-state index is 11.2. The monoisotopic (exact) mass is 310 g/mol. The molecule has 1 rings (SSSR count). The molecule has 3 atom stereocenters. The fraction of sp³-hybridized carbons (Fsp3) is 0.533. The minimum Gasteiger partial charge on any atom is -0.491 e. The van der Waals surface area contributed by atoms with E-state index in [9.17, 15) is 9.32 Å². The second-order valence-corrected chi connectivity index (χ2v) is 6.71. The van der Waals surface area contributed by atoms with E-state index in [2.05, 4.69) is 5.32 Å². The first kappa shape index (κ1) is 17.6. The lowest BCUT2D eigenvalue weighted by Gasteiger charge is -2.14. The highest BCUT2D eigenvalue weighted by Crippen LogP contribution is 2.12. The summed E-state index contributed by atoms with van der Waals surface area (Å²) < 4.78 is 16.6. The minimum absolute atomic E-state index is 0.152. The Balaban J connectivity index is 2.20. The summed E-state index contributed by atoms with van der Waals surface area (Å²) in [6.07, 6.45) is 1.88. The molecular weight excluding hydrogens is 288 g/mol. The second-order valence-electron chi connectivity index (χ2n) is 4.91. The average Bonchev–Trinajstić information content (AvgIpc) is 2.49. The van der Waals surface area contributed by atoms with Gasteiger partial charge in [0.25, 0.3) is 0 Å². The zero-order valence-electron chi connectivity index (χ0n) is 12.4. The van der Waals surface area contributed by atoms with Crippen LogP contribution in [0.4, 0.5) is 0 Å². The van der Waals surface area contributed by atoms with E-state index in [-0.39, 0.29) is 11.9 Å². The molecule has 116 valence electrons. The van der Waals surface area contributed by atoms with Crippen molar-refractivity contribution >= 4 is 10.8 Å². The Bertz CT molecular complexity index is 502. The summed E-state index contributed by atoms with van der Waals surface area (Å²) in [7, 11) is -0.810. The number of benzene rings is 1. The van der Waals surface area contributed by atoms with Crippen LogP contribution in [-0.4, -0.2) is 46.6 Å². The number of hydrogen-bond acceptors (Lipinski definition) is 5. The zero-order valence-corrected chi connectivity index (χ0v) is 13.2. The minimum atomic E-state index is -0.810. The summed E-state index contributed by atoms with van der Waals surface area (Å²) in [5, 5.41) is 21.8. The van der Waals surface area contributed by atoms with Gasteiger partial charge in [-0.2, -0.15) is 5.26 Å². The molecule has 0 aromatic heterocycles. The summed E-state index contributed by atoms with van der Waals surface area (Å²) >= 11 is 0. The van der Waals surface area contributed by atoms with Crippen molar-refractivity contribution in [3.63, 3.8) is 0 Å². The Kier molecular flexibility index (Phi) is 7.98. The van der Waals surface area contributed by atoms with E-state index in [0.29, 0.717) is 24.4 Å². The molecule has 3 unspecified atom stereocenters. The predicted octanol–water partition coefficient (Wildman–Crippen LogP) is 1.04. The van der Waals surface area contributed by atoms with Crippen molar-refractivity contribution in [1.29, 1.82) is 5.26 Å². The molecule has 0 fully saturated rings. The number of nitrogens with one attached hydrogen (secondary N) is 1. The molecule has 0 bridgehead atoms. The molecule has 0 aliphatic rings. The van der Waals surface area contributed by atoms with Gasteiger partial charge in [0.15, 0.2) is 0 Å². The fourth-order valence-corrected chi connectivity index (χ4v) is 2.10. The number of nitriles is 1. The van der Waals surface area contributed by atoms with Gasteiger partial charge in [-0.3, -0.25) is 4.21 Å². The summed E-state index contributed by atoms with van der Waals surface area (Å²) in [6.45, 7) is 3.24. The molecular formula is C15H22N2O3S. The lowest BCUT2D eigenvalue weighted by molar-refractivity contribution is 0.106. The van der Waals surface area contributed by atoms with Crippen molar-refractivity contribution in [2.45, 2.75) is 24.7 Å². The molecule has 0 saturated heterocycles. The van der Waals surface area contributed by atoms with Crippen molar-refractivity contribution in [2.24, 2.45) is 0 Å². The number of hydrogen-bond donors (Lipinski definition) is 2.